The van der Waals surface area contributed by atoms with Gasteiger partial charge in [-0.25, -0.2) is 0 Å². The molecule has 0 aliphatic carbocycles. The average Bonchev–Trinajstić information content (AvgIpc) is 3.16. The maximum Gasteiger partial charge on any atom is 0.294 e. The van der Waals surface area contributed by atoms with E-state index in [9.17, 15) is 14.4 Å². The number of rotatable bonds is 10. The minimum absolute atomic E-state index is 0.207. The van der Waals surface area contributed by atoms with Gasteiger partial charge in [0.2, 0.25) is 5.91 Å². The summed E-state index contributed by atoms with van der Waals surface area (Å²) in [5.41, 5.74) is 3.20. The highest BCUT2D eigenvalue weighted by atomic mass is 79.9. The second-order valence-electron chi connectivity index (χ2n) is 9.24. The fraction of sp³-hybridized carbons (Fsp3) is 0.233. The van der Waals surface area contributed by atoms with Crippen molar-refractivity contribution in [3.63, 3.8) is 0 Å². The summed E-state index contributed by atoms with van der Waals surface area (Å²) in [5, 5.41) is 2.83. The van der Waals surface area contributed by atoms with Crippen LogP contribution < -0.4 is 14.8 Å². The van der Waals surface area contributed by atoms with Gasteiger partial charge < -0.3 is 14.8 Å². The van der Waals surface area contributed by atoms with Gasteiger partial charge in [-0.3, -0.25) is 19.3 Å². The van der Waals surface area contributed by atoms with E-state index in [1.807, 2.05) is 37.3 Å². The molecule has 0 saturated carbocycles. The number of ether oxygens (including phenoxy) is 2. The van der Waals surface area contributed by atoms with Crippen LogP contribution in [0.1, 0.15) is 43.4 Å². The number of carbonyl (C=O) groups excluding carboxylic acids is 3. The van der Waals surface area contributed by atoms with Crippen LogP contribution in [0.25, 0.3) is 6.08 Å². The van der Waals surface area contributed by atoms with Crippen LogP contribution in [0.3, 0.4) is 0 Å². The van der Waals surface area contributed by atoms with Crippen LogP contribution in [0.15, 0.2) is 70.0 Å². The number of hydrogen-bond acceptors (Lipinski definition) is 6. The number of anilines is 1. The molecule has 10 heteroatoms. The second kappa shape index (κ2) is 13.4. The summed E-state index contributed by atoms with van der Waals surface area (Å²) >= 11 is 10.6. The number of nitrogens with zero attached hydrogens (tertiary/aromatic N) is 1. The number of nitrogens with one attached hydrogen (secondary N) is 1. The van der Waals surface area contributed by atoms with E-state index in [1.165, 1.54) is 0 Å². The maximum atomic E-state index is 13.0. The third kappa shape index (κ3) is 7.27. The monoisotopic (exact) mass is 642 g/mol. The molecular weight excluding hydrogens is 616 g/mol. The average molecular weight is 644 g/mol. The Morgan fingerprint density at radius 2 is 1.82 bits per heavy atom. The molecule has 0 spiro atoms. The van der Waals surface area contributed by atoms with Gasteiger partial charge in [0.15, 0.2) is 11.5 Å². The van der Waals surface area contributed by atoms with E-state index in [0.29, 0.717) is 44.8 Å². The lowest BCUT2D eigenvalue weighted by Gasteiger charge is -2.15. The molecule has 0 aromatic heterocycles. The van der Waals surface area contributed by atoms with Gasteiger partial charge in [-0.2, -0.15) is 0 Å². The molecule has 3 amide bonds. The molecule has 1 heterocycles. The Morgan fingerprint density at radius 1 is 1.10 bits per heavy atom. The Kier molecular flexibility index (Phi) is 9.95. The largest absolute Gasteiger partial charge is 0.490 e. The van der Waals surface area contributed by atoms with Crippen molar-refractivity contribution >= 4 is 68.1 Å². The standard InChI is InChI=1S/C30H28BrClN2O5S/c1-4-38-25-14-19(13-23(31)28(25)39-17-21-7-5-6-8-24(21)32)15-26-29(36)34(30(37)40-26)16-27(35)33-22-11-9-20(10-12-22)18(2)3/h5-15,18H,4,16-17H2,1-3H3,(H,33,35)/b26-15+. The molecule has 3 aromatic rings. The number of carbonyl (C=O) groups is 3. The predicted octanol–water partition coefficient (Wildman–Crippen LogP) is 7.88. The first-order valence-electron chi connectivity index (χ1n) is 12.6. The van der Waals surface area contributed by atoms with Crippen LogP contribution in [0.5, 0.6) is 11.5 Å². The molecule has 4 rings (SSSR count). The van der Waals surface area contributed by atoms with Crippen molar-refractivity contribution in [3.8, 4) is 11.5 Å². The van der Waals surface area contributed by atoms with E-state index >= 15 is 0 Å². The minimum atomic E-state index is -0.534. The maximum absolute atomic E-state index is 13.0. The van der Waals surface area contributed by atoms with Gasteiger partial charge >= 0.3 is 0 Å². The third-order valence-electron chi connectivity index (χ3n) is 6.00. The van der Waals surface area contributed by atoms with Gasteiger partial charge in [0.05, 0.1) is 16.0 Å². The lowest BCUT2D eigenvalue weighted by Crippen LogP contribution is -2.36. The van der Waals surface area contributed by atoms with Gasteiger partial charge in [-0.15, -0.1) is 0 Å². The fourth-order valence-electron chi connectivity index (χ4n) is 3.92. The molecule has 40 heavy (non-hydrogen) atoms. The van der Waals surface area contributed by atoms with Crippen molar-refractivity contribution in [2.45, 2.75) is 33.3 Å². The van der Waals surface area contributed by atoms with Crippen LogP contribution >= 0.6 is 39.3 Å². The molecule has 1 saturated heterocycles. The van der Waals surface area contributed by atoms with Crippen molar-refractivity contribution < 1.29 is 23.9 Å². The Bertz CT molecular complexity index is 1460. The molecular formula is C30H28BrClN2O5S. The van der Waals surface area contributed by atoms with Gasteiger partial charge in [-0.1, -0.05) is 55.8 Å². The number of hydrogen-bond donors (Lipinski definition) is 1. The van der Waals surface area contributed by atoms with Crippen LogP contribution in [0.2, 0.25) is 5.02 Å². The lowest BCUT2D eigenvalue weighted by atomic mass is 10.0. The SMILES string of the molecule is CCOc1cc(/C=C2/SC(=O)N(CC(=O)Nc3ccc(C(C)C)cc3)C2=O)cc(Br)c1OCc1ccccc1Cl. The molecule has 1 aliphatic rings. The van der Waals surface area contributed by atoms with E-state index in [1.54, 1.807) is 36.4 Å². The minimum Gasteiger partial charge on any atom is -0.490 e. The summed E-state index contributed by atoms with van der Waals surface area (Å²) in [6, 6.07) is 18.4. The van der Waals surface area contributed by atoms with Crippen molar-refractivity contribution in [1.29, 1.82) is 0 Å². The summed E-state index contributed by atoms with van der Waals surface area (Å²) in [6.45, 7) is 6.28. The van der Waals surface area contributed by atoms with Crippen LogP contribution in [0, 0.1) is 0 Å². The predicted molar refractivity (Wildman–Crippen MR) is 163 cm³/mol. The van der Waals surface area contributed by atoms with Crippen molar-refractivity contribution in [1.82, 2.24) is 4.90 Å². The Morgan fingerprint density at radius 3 is 2.50 bits per heavy atom. The molecule has 1 aliphatic heterocycles. The first-order chi connectivity index (χ1) is 19.2. The zero-order valence-electron chi connectivity index (χ0n) is 22.2. The van der Waals surface area contributed by atoms with Crippen molar-refractivity contribution in [2.24, 2.45) is 0 Å². The first-order valence-corrected chi connectivity index (χ1v) is 14.6. The first kappa shape index (κ1) is 29.7. The van der Waals surface area contributed by atoms with E-state index in [2.05, 4.69) is 35.1 Å². The van der Waals surface area contributed by atoms with Crippen molar-refractivity contribution in [2.75, 3.05) is 18.5 Å². The molecule has 0 radical (unpaired) electrons. The summed E-state index contributed by atoms with van der Waals surface area (Å²) in [5.74, 6) is 0.340. The fourth-order valence-corrected chi connectivity index (χ4v) is 5.53. The molecule has 1 fully saturated rings. The Labute approximate surface area is 251 Å². The summed E-state index contributed by atoms with van der Waals surface area (Å²) < 4.78 is 12.4. The van der Waals surface area contributed by atoms with Crippen molar-refractivity contribution in [3.05, 3.63) is 91.8 Å². The van der Waals surface area contributed by atoms with Gasteiger partial charge in [0.1, 0.15) is 13.2 Å². The lowest BCUT2D eigenvalue weighted by molar-refractivity contribution is -0.127. The topological polar surface area (TPSA) is 84.9 Å². The van der Waals surface area contributed by atoms with Gasteiger partial charge in [0.25, 0.3) is 11.1 Å². The highest BCUT2D eigenvalue weighted by molar-refractivity contribution is 9.10. The summed E-state index contributed by atoms with van der Waals surface area (Å²) in [4.78, 5) is 39.4. The van der Waals surface area contributed by atoms with E-state index in [0.717, 1.165) is 27.8 Å². The smallest absolute Gasteiger partial charge is 0.294 e. The summed E-state index contributed by atoms with van der Waals surface area (Å²) in [7, 11) is 0. The number of halogens is 2. The normalized spacial score (nSPS) is 14.2. The van der Waals surface area contributed by atoms with E-state index in [4.69, 9.17) is 21.1 Å². The Balaban J connectivity index is 1.47. The second-order valence-corrected chi connectivity index (χ2v) is 11.5. The summed E-state index contributed by atoms with van der Waals surface area (Å²) in [6.07, 6.45) is 1.60. The number of benzene rings is 3. The zero-order chi connectivity index (χ0) is 28.8. The highest BCUT2D eigenvalue weighted by Crippen LogP contribution is 2.40. The van der Waals surface area contributed by atoms with Crippen LogP contribution in [-0.4, -0.2) is 35.1 Å². The van der Waals surface area contributed by atoms with Crippen LogP contribution in [-0.2, 0) is 16.2 Å². The van der Waals surface area contributed by atoms with Crippen LogP contribution in [0.4, 0.5) is 10.5 Å². The third-order valence-corrected chi connectivity index (χ3v) is 7.86. The number of imide groups is 1. The zero-order valence-corrected chi connectivity index (χ0v) is 25.4. The Hall–Kier alpha value is -3.27. The van der Waals surface area contributed by atoms with E-state index in [-0.39, 0.29) is 18.1 Å². The van der Waals surface area contributed by atoms with Gasteiger partial charge in [0, 0.05) is 16.3 Å². The molecule has 3 aromatic carbocycles. The van der Waals surface area contributed by atoms with E-state index < -0.39 is 17.1 Å². The molecule has 208 valence electrons. The molecule has 0 unspecified atom stereocenters. The van der Waals surface area contributed by atoms with Gasteiger partial charge in [-0.05, 0) is 88.1 Å². The highest BCUT2D eigenvalue weighted by Gasteiger charge is 2.36. The molecule has 0 atom stereocenters. The molecule has 7 nitrogen and oxygen atoms in total. The number of amides is 3. The molecule has 1 N–H and O–H groups in total. The quantitative estimate of drug-likeness (QED) is 0.226. The number of thioether (sulfide) groups is 1. The molecule has 0 bridgehead atoms.